The maximum absolute atomic E-state index is 14.8. The van der Waals surface area contributed by atoms with Gasteiger partial charge in [-0.05, 0) is 57.1 Å². The Labute approximate surface area is 260 Å². The first kappa shape index (κ1) is 31.1. The van der Waals surface area contributed by atoms with Crippen LogP contribution in [-0.4, -0.2) is 49.1 Å². The van der Waals surface area contributed by atoms with Gasteiger partial charge in [0.05, 0.1) is 5.69 Å². The first-order valence-electron chi connectivity index (χ1n) is 11.8. The molecule has 37 heavy (non-hydrogen) atoms. The van der Waals surface area contributed by atoms with Crippen molar-refractivity contribution in [2.75, 3.05) is 38.7 Å². The van der Waals surface area contributed by atoms with Gasteiger partial charge >= 0.3 is 51.4 Å². The van der Waals surface area contributed by atoms with Crippen LogP contribution in [0.3, 0.4) is 0 Å². The largest absolute Gasteiger partial charge is 1.00 e. The summed E-state index contributed by atoms with van der Waals surface area (Å²) in [6.07, 6.45) is 6.00. The van der Waals surface area contributed by atoms with E-state index >= 15 is 0 Å². The summed E-state index contributed by atoms with van der Waals surface area (Å²) in [4.78, 5) is 10.9. The van der Waals surface area contributed by atoms with Gasteiger partial charge in [0.1, 0.15) is 23.2 Å². The van der Waals surface area contributed by atoms with Crippen molar-refractivity contribution in [1.29, 1.82) is 0 Å². The number of allylic oxidation sites excluding steroid dienone is 2. The van der Waals surface area contributed by atoms with E-state index in [4.69, 9.17) is 10.5 Å². The van der Waals surface area contributed by atoms with Gasteiger partial charge in [-0.3, -0.25) is 0 Å². The normalized spacial score (nSPS) is 14.8. The van der Waals surface area contributed by atoms with Gasteiger partial charge in [-0.2, -0.15) is 0 Å². The molecule has 1 saturated heterocycles. The van der Waals surface area contributed by atoms with Crippen molar-refractivity contribution < 1.29 is 64.9 Å². The van der Waals surface area contributed by atoms with E-state index < -0.39 is 11.6 Å². The molecule has 3 rings (SSSR count). The standard InChI is InChI=1S/C27H33F2N6O.K/c1-6-18(4)11-20-16-32-25(34-24(30)15-26(31-5)35-7-9-36-10-8-35)14-23(20)33-27-21(28)12-19(17(2)3)13-22(27)29;/h11-16H,2,6-10H2,1,3-5H3,(H3,30,32,33,34);/q-1;+1/b18-11?,26-15+;. The van der Waals surface area contributed by atoms with E-state index in [2.05, 4.69) is 32.1 Å². The van der Waals surface area contributed by atoms with Gasteiger partial charge in [0.25, 0.3) is 0 Å². The molecule has 10 heteroatoms. The average molecular weight is 535 g/mol. The molecule has 0 atom stereocenters. The minimum Gasteiger partial charge on any atom is -0.469 e. The van der Waals surface area contributed by atoms with Crippen LogP contribution in [0, 0.1) is 11.6 Å². The number of hydrogen-bond donors (Lipinski definition) is 2. The van der Waals surface area contributed by atoms with Crippen LogP contribution in [-0.2, 0) is 4.74 Å². The minimum atomic E-state index is -0.723. The molecule has 1 fully saturated rings. The number of aliphatic imine (C=N–C) groups is 1. The zero-order valence-electron chi connectivity index (χ0n) is 22.2. The van der Waals surface area contributed by atoms with Crippen LogP contribution in [0.25, 0.3) is 17.0 Å². The van der Waals surface area contributed by atoms with Crippen molar-refractivity contribution in [1.82, 2.24) is 9.88 Å². The molecule has 2 aromatic rings. The van der Waals surface area contributed by atoms with Crippen molar-refractivity contribution in [2.45, 2.75) is 27.2 Å². The van der Waals surface area contributed by atoms with Gasteiger partial charge in [-0.1, -0.05) is 43.6 Å². The molecule has 0 bridgehead atoms. The van der Waals surface area contributed by atoms with Crippen LogP contribution in [0.4, 0.5) is 26.0 Å². The van der Waals surface area contributed by atoms with Crippen molar-refractivity contribution >= 4 is 34.7 Å². The summed E-state index contributed by atoms with van der Waals surface area (Å²) in [5, 5.41) is 7.19. The number of amidine groups is 1. The molecular weight excluding hydrogens is 501 g/mol. The summed E-state index contributed by atoms with van der Waals surface area (Å²) in [5.41, 5.74) is 9.08. The van der Waals surface area contributed by atoms with Crippen LogP contribution in [0.15, 0.2) is 53.4 Å². The molecule has 1 aromatic heterocycles. The number of nitrogens with zero attached hydrogens (tertiary/aromatic N) is 4. The Balaban J connectivity index is 0.00000481. The summed E-state index contributed by atoms with van der Waals surface area (Å²) < 4.78 is 35.1. The monoisotopic (exact) mass is 534 g/mol. The van der Waals surface area contributed by atoms with Gasteiger partial charge in [-0.25, -0.2) is 18.8 Å². The first-order chi connectivity index (χ1) is 17.2. The number of rotatable bonds is 9. The summed E-state index contributed by atoms with van der Waals surface area (Å²) in [7, 11) is 1.69. The number of halogens is 2. The number of benzene rings is 1. The second-order valence-corrected chi connectivity index (χ2v) is 8.56. The Hall–Kier alpha value is -2.08. The molecule has 0 saturated carbocycles. The summed E-state index contributed by atoms with van der Waals surface area (Å²) in [6, 6.07) is 4.12. The molecule has 1 aliphatic heterocycles. The Morgan fingerprint density at radius 1 is 1.24 bits per heavy atom. The van der Waals surface area contributed by atoms with Crippen LogP contribution in [0.1, 0.15) is 38.3 Å². The van der Waals surface area contributed by atoms with E-state index in [9.17, 15) is 8.78 Å². The van der Waals surface area contributed by atoms with Crippen LogP contribution < -0.4 is 62.4 Å². The maximum Gasteiger partial charge on any atom is 1.00 e. The molecule has 0 spiro atoms. The molecule has 0 radical (unpaired) electrons. The predicted octanol–water partition coefficient (Wildman–Crippen LogP) is 3.12. The smallest absolute Gasteiger partial charge is 0.469 e. The topological polar surface area (TPSA) is 89.9 Å². The van der Waals surface area contributed by atoms with E-state index in [0.29, 0.717) is 54.5 Å². The fraction of sp³-hybridized carbons (Fsp3) is 0.333. The summed E-state index contributed by atoms with van der Waals surface area (Å²) in [6.45, 7) is 12.1. The number of anilines is 2. The van der Waals surface area contributed by atoms with Gasteiger partial charge < -0.3 is 26.0 Å². The fourth-order valence-electron chi connectivity index (χ4n) is 3.57. The van der Waals surface area contributed by atoms with E-state index in [-0.39, 0.29) is 68.7 Å². The predicted molar refractivity (Wildman–Crippen MR) is 144 cm³/mol. The summed E-state index contributed by atoms with van der Waals surface area (Å²) >= 11 is 0. The molecule has 1 aliphatic rings. The SMILES string of the molecule is C=C(C)c1cc(F)c(Nc2cc(N=C(N)/C=C(\[N-]C)N3CCOCC3)ncc2C=C(C)CC)c(F)c1.[K+]. The van der Waals surface area contributed by atoms with E-state index in [1.54, 1.807) is 32.3 Å². The number of ether oxygens (including phenoxy) is 1. The molecule has 7 nitrogen and oxygen atoms in total. The van der Waals surface area contributed by atoms with Gasteiger partial charge in [0, 0.05) is 31.0 Å². The van der Waals surface area contributed by atoms with Gasteiger partial charge in [-0.15, -0.1) is 0 Å². The third kappa shape index (κ3) is 8.73. The molecule has 3 N–H and O–H groups in total. The van der Waals surface area contributed by atoms with Crippen molar-refractivity contribution in [3.05, 3.63) is 76.5 Å². The number of hydrogen-bond acceptors (Lipinski definition) is 5. The van der Waals surface area contributed by atoms with Crippen LogP contribution >= 0.6 is 0 Å². The van der Waals surface area contributed by atoms with E-state index in [1.165, 1.54) is 12.1 Å². The minimum absolute atomic E-state index is 0. The zero-order valence-corrected chi connectivity index (χ0v) is 25.4. The quantitative estimate of drug-likeness (QED) is 0.293. The van der Waals surface area contributed by atoms with Crippen LogP contribution in [0.5, 0.6) is 0 Å². The Morgan fingerprint density at radius 3 is 2.46 bits per heavy atom. The van der Waals surface area contributed by atoms with Crippen molar-refractivity contribution in [3.8, 4) is 0 Å². The van der Waals surface area contributed by atoms with Gasteiger partial charge in [0.2, 0.25) is 0 Å². The Bertz CT molecular complexity index is 1180. The molecule has 2 heterocycles. The first-order valence-corrected chi connectivity index (χ1v) is 11.8. The van der Waals surface area contributed by atoms with E-state index in [0.717, 1.165) is 12.0 Å². The number of morpholine rings is 1. The third-order valence-electron chi connectivity index (χ3n) is 5.76. The third-order valence-corrected chi connectivity index (χ3v) is 5.76. The molecular formula is C27H33F2KN6O. The molecule has 192 valence electrons. The zero-order chi connectivity index (χ0) is 26.2. The number of pyridine rings is 1. The molecule has 1 aromatic carbocycles. The van der Waals surface area contributed by atoms with Crippen molar-refractivity contribution in [3.63, 3.8) is 0 Å². The summed E-state index contributed by atoms with van der Waals surface area (Å²) in [5.74, 6) is -0.262. The average Bonchev–Trinajstić information content (AvgIpc) is 2.86. The molecule has 0 unspecified atom stereocenters. The fourth-order valence-corrected chi connectivity index (χ4v) is 3.57. The maximum atomic E-state index is 14.8. The van der Waals surface area contributed by atoms with Gasteiger partial charge in [0.15, 0.2) is 5.82 Å². The number of nitrogens with two attached hydrogens (primary N) is 1. The Kier molecular flexibility index (Phi) is 12.4. The van der Waals surface area contributed by atoms with Crippen LogP contribution in [0.2, 0.25) is 0 Å². The molecule has 0 aliphatic carbocycles. The second-order valence-electron chi connectivity index (χ2n) is 8.56. The Morgan fingerprint density at radius 2 is 1.89 bits per heavy atom. The number of nitrogens with one attached hydrogen (secondary N) is 1. The van der Waals surface area contributed by atoms with Crippen molar-refractivity contribution in [2.24, 2.45) is 10.7 Å². The number of aromatic nitrogens is 1. The molecule has 0 amide bonds. The second kappa shape index (κ2) is 14.7. The van der Waals surface area contributed by atoms with E-state index in [1.807, 2.05) is 19.9 Å².